The zero-order chi connectivity index (χ0) is 10.8. The zero-order valence-electron chi connectivity index (χ0n) is 9.08. The van der Waals surface area contributed by atoms with Crippen LogP contribution >= 0.6 is 11.8 Å². The smallest absolute Gasteiger partial charge is 0.177 e. The maximum absolute atomic E-state index is 12.1. The molecule has 0 aliphatic heterocycles. The van der Waals surface area contributed by atoms with Gasteiger partial charge in [0.1, 0.15) is 0 Å². The predicted molar refractivity (Wildman–Crippen MR) is 65.8 cm³/mol. The molecule has 80 valence electrons. The molecule has 2 aliphatic rings. The van der Waals surface area contributed by atoms with Crippen LogP contribution in [0.4, 0.5) is 0 Å². The van der Waals surface area contributed by atoms with E-state index in [0.717, 1.165) is 24.2 Å². The molecule has 1 nitrogen and oxygen atoms in total. The number of hydrogen-bond donors (Lipinski definition) is 0. The van der Waals surface area contributed by atoms with E-state index in [-0.39, 0.29) is 5.92 Å². The monoisotopic (exact) mass is 220 g/mol. The SMILES string of the molecule is C=CCC1C(=O)C(SC)=C2CCCC=C21. The zero-order valence-corrected chi connectivity index (χ0v) is 9.90. The first kappa shape index (κ1) is 10.7. The number of carbonyl (C=O) groups excluding carboxylic acids is 1. The van der Waals surface area contributed by atoms with Crippen LogP contribution < -0.4 is 0 Å². The molecule has 0 saturated carbocycles. The Morgan fingerprint density at radius 2 is 2.47 bits per heavy atom. The number of allylic oxidation sites excluding steroid dienone is 5. The summed E-state index contributed by atoms with van der Waals surface area (Å²) in [5.41, 5.74) is 2.63. The molecular formula is C13H16OS. The van der Waals surface area contributed by atoms with Gasteiger partial charge in [-0.15, -0.1) is 18.3 Å². The molecule has 0 radical (unpaired) electrons. The molecule has 2 rings (SSSR count). The summed E-state index contributed by atoms with van der Waals surface area (Å²) < 4.78 is 0. The Morgan fingerprint density at radius 1 is 1.67 bits per heavy atom. The minimum atomic E-state index is 0.0836. The molecule has 0 aromatic rings. The molecule has 0 bridgehead atoms. The van der Waals surface area contributed by atoms with Gasteiger partial charge in [-0.2, -0.15) is 0 Å². The third-order valence-corrected chi connectivity index (χ3v) is 4.00. The third kappa shape index (κ3) is 1.71. The second-order valence-electron chi connectivity index (χ2n) is 4.00. The fraction of sp³-hybridized carbons (Fsp3) is 0.462. The van der Waals surface area contributed by atoms with E-state index in [0.29, 0.717) is 5.78 Å². The van der Waals surface area contributed by atoms with E-state index < -0.39 is 0 Å². The average Bonchev–Trinajstić information content (AvgIpc) is 2.53. The molecular weight excluding hydrogens is 204 g/mol. The average molecular weight is 220 g/mol. The predicted octanol–water partition coefficient (Wildman–Crippen LogP) is 3.49. The van der Waals surface area contributed by atoms with Crippen molar-refractivity contribution in [1.29, 1.82) is 0 Å². The normalized spacial score (nSPS) is 25.3. The largest absolute Gasteiger partial charge is 0.293 e. The van der Waals surface area contributed by atoms with E-state index in [1.54, 1.807) is 11.8 Å². The van der Waals surface area contributed by atoms with Gasteiger partial charge in [-0.1, -0.05) is 12.2 Å². The van der Waals surface area contributed by atoms with Gasteiger partial charge in [0.05, 0.1) is 10.8 Å². The summed E-state index contributed by atoms with van der Waals surface area (Å²) in [6.45, 7) is 3.74. The number of carbonyl (C=O) groups is 1. The molecule has 0 saturated heterocycles. The molecule has 2 aliphatic carbocycles. The van der Waals surface area contributed by atoms with Crippen LogP contribution in [0.2, 0.25) is 0 Å². The molecule has 0 N–H and O–H groups in total. The molecule has 15 heavy (non-hydrogen) atoms. The number of ketones is 1. The Labute approximate surface area is 95.3 Å². The Morgan fingerprint density at radius 3 is 3.13 bits per heavy atom. The number of rotatable bonds is 3. The van der Waals surface area contributed by atoms with Crippen molar-refractivity contribution in [3.05, 3.63) is 34.8 Å². The van der Waals surface area contributed by atoms with Crippen molar-refractivity contribution in [2.45, 2.75) is 25.7 Å². The Balaban J connectivity index is 2.39. The summed E-state index contributed by atoms with van der Waals surface area (Å²) in [6, 6.07) is 0. The molecule has 0 amide bonds. The lowest BCUT2D eigenvalue weighted by atomic mass is 9.88. The van der Waals surface area contributed by atoms with E-state index in [2.05, 4.69) is 12.7 Å². The van der Waals surface area contributed by atoms with Crippen LogP contribution in [0.1, 0.15) is 25.7 Å². The summed E-state index contributed by atoms with van der Waals surface area (Å²) in [6.07, 6.45) is 10.3. The van der Waals surface area contributed by atoms with Crippen molar-refractivity contribution in [1.82, 2.24) is 0 Å². The highest BCUT2D eigenvalue weighted by molar-refractivity contribution is 8.03. The minimum Gasteiger partial charge on any atom is -0.293 e. The Kier molecular flexibility index (Phi) is 3.15. The van der Waals surface area contributed by atoms with Gasteiger partial charge in [0.2, 0.25) is 0 Å². The van der Waals surface area contributed by atoms with Crippen LogP contribution in [0, 0.1) is 5.92 Å². The number of fused-ring (bicyclic) bond motifs is 1. The van der Waals surface area contributed by atoms with Gasteiger partial charge in [0, 0.05) is 0 Å². The lowest BCUT2D eigenvalue weighted by Crippen LogP contribution is -2.10. The molecule has 0 aromatic carbocycles. The topological polar surface area (TPSA) is 17.1 Å². The highest BCUT2D eigenvalue weighted by Crippen LogP contribution is 2.44. The van der Waals surface area contributed by atoms with E-state index in [1.165, 1.54) is 17.6 Å². The van der Waals surface area contributed by atoms with Crippen molar-refractivity contribution in [2.24, 2.45) is 5.92 Å². The van der Waals surface area contributed by atoms with E-state index in [9.17, 15) is 4.79 Å². The highest BCUT2D eigenvalue weighted by atomic mass is 32.2. The Hall–Kier alpha value is -0.760. The van der Waals surface area contributed by atoms with Gasteiger partial charge in [-0.3, -0.25) is 4.79 Å². The second-order valence-corrected chi connectivity index (χ2v) is 4.82. The lowest BCUT2D eigenvalue weighted by Gasteiger charge is -2.15. The van der Waals surface area contributed by atoms with Gasteiger partial charge < -0.3 is 0 Å². The van der Waals surface area contributed by atoms with E-state index in [1.807, 2.05) is 12.3 Å². The van der Waals surface area contributed by atoms with Gasteiger partial charge in [0.25, 0.3) is 0 Å². The molecule has 0 spiro atoms. The van der Waals surface area contributed by atoms with E-state index >= 15 is 0 Å². The van der Waals surface area contributed by atoms with Crippen molar-refractivity contribution >= 4 is 17.5 Å². The van der Waals surface area contributed by atoms with Crippen molar-refractivity contribution in [3.63, 3.8) is 0 Å². The van der Waals surface area contributed by atoms with Gasteiger partial charge in [-0.05, 0) is 43.1 Å². The van der Waals surface area contributed by atoms with Crippen molar-refractivity contribution in [2.75, 3.05) is 6.26 Å². The minimum absolute atomic E-state index is 0.0836. The van der Waals surface area contributed by atoms with Gasteiger partial charge in [-0.25, -0.2) is 0 Å². The standard InChI is InChI=1S/C13H16OS/c1-3-6-10-9-7-4-5-8-11(9)13(15-2)12(10)14/h3,7,10H,1,4-6,8H2,2H3. The molecule has 0 heterocycles. The van der Waals surface area contributed by atoms with Crippen LogP contribution in [0.25, 0.3) is 0 Å². The molecule has 1 unspecified atom stereocenters. The third-order valence-electron chi connectivity index (χ3n) is 3.14. The molecule has 0 fully saturated rings. The maximum Gasteiger partial charge on any atom is 0.177 e. The van der Waals surface area contributed by atoms with E-state index in [4.69, 9.17) is 0 Å². The van der Waals surface area contributed by atoms with Crippen LogP contribution in [0.3, 0.4) is 0 Å². The van der Waals surface area contributed by atoms with Crippen LogP contribution in [-0.2, 0) is 4.79 Å². The first-order chi connectivity index (χ1) is 7.29. The fourth-order valence-electron chi connectivity index (χ4n) is 2.47. The van der Waals surface area contributed by atoms with Crippen LogP contribution in [-0.4, -0.2) is 12.0 Å². The summed E-state index contributed by atoms with van der Waals surface area (Å²) in [7, 11) is 0. The van der Waals surface area contributed by atoms with Crippen molar-refractivity contribution in [3.8, 4) is 0 Å². The van der Waals surface area contributed by atoms with Gasteiger partial charge >= 0.3 is 0 Å². The number of Topliss-reactive ketones (excluding diaryl/α,β-unsaturated/α-hetero) is 1. The first-order valence-electron chi connectivity index (χ1n) is 5.42. The van der Waals surface area contributed by atoms with Gasteiger partial charge in [0.15, 0.2) is 5.78 Å². The quantitative estimate of drug-likeness (QED) is 0.677. The molecule has 2 heteroatoms. The first-order valence-corrected chi connectivity index (χ1v) is 6.64. The summed E-state index contributed by atoms with van der Waals surface area (Å²) in [4.78, 5) is 13.1. The maximum atomic E-state index is 12.1. The summed E-state index contributed by atoms with van der Waals surface area (Å²) in [5, 5.41) is 0. The summed E-state index contributed by atoms with van der Waals surface area (Å²) in [5.74, 6) is 0.408. The lowest BCUT2D eigenvalue weighted by molar-refractivity contribution is -0.116. The van der Waals surface area contributed by atoms with Crippen LogP contribution in [0.15, 0.2) is 34.8 Å². The van der Waals surface area contributed by atoms with Crippen LogP contribution in [0.5, 0.6) is 0 Å². The molecule has 1 atom stereocenters. The number of thioether (sulfide) groups is 1. The number of hydrogen-bond acceptors (Lipinski definition) is 2. The second kappa shape index (κ2) is 4.40. The summed E-state index contributed by atoms with van der Waals surface area (Å²) >= 11 is 1.61. The highest BCUT2D eigenvalue weighted by Gasteiger charge is 2.36. The molecule has 0 aromatic heterocycles. The van der Waals surface area contributed by atoms with Crippen molar-refractivity contribution < 1.29 is 4.79 Å². The fourth-order valence-corrected chi connectivity index (χ4v) is 3.28. The Bertz CT molecular complexity index is 363.